The Labute approximate surface area is 240 Å². The average molecular weight is 619 g/mol. The largest absolute Gasteiger partial charge is 0.488 e. The average Bonchev–Trinajstić information content (AvgIpc) is 3.20. The number of rotatable bonds is 10. The van der Waals surface area contributed by atoms with Gasteiger partial charge in [0.05, 0.1) is 22.7 Å². The van der Waals surface area contributed by atoms with E-state index in [-0.39, 0.29) is 31.0 Å². The van der Waals surface area contributed by atoms with Crippen molar-refractivity contribution in [1.82, 2.24) is 4.90 Å². The summed E-state index contributed by atoms with van der Waals surface area (Å²) in [7, 11) is 1.54. The molecule has 0 amide bonds. The second-order valence-corrected chi connectivity index (χ2v) is 11.9. The van der Waals surface area contributed by atoms with Crippen LogP contribution < -0.4 is 9.47 Å². The van der Waals surface area contributed by atoms with Gasteiger partial charge < -0.3 is 19.4 Å². The lowest BCUT2D eigenvalue weighted by atomic mass is 9.68. The summed E-state index contributed by atoms with van der Waals surface area (Å²) in [4.78, 5) is 18.2. The zero-order chi connectivity index (χ0) is 27.6. The molecule has 3 aliphatic rings. The Hall–Kier alpha value is -2.60. The molecular formula is C28H32BrN3O6S. The van der Waals surface area contributed by atoms with E-state index in [0.717, 1.165) is 52.2 Å². The van der Waals surface area contributed by atoms with E-state index in [1.54, 1.807) is 6.07 Å². The van der Waals surface area contributed by atoms with Gasteiger partial charge in [0.15, 0.2) is 0 Å². The van der Waals surface area contributed by atoms with Crippen LogP contribution in [0.25, 0.3) is 0 Å². The lowest BCUT2D eigenvalue weighted by molar-refractivity contribution is -0.384. The molecule has 1 N–H and O–H groups in total. The normalized spacial score (nSPS) is 24.6. The van der Waals surface area contributed by atoms with Gasteiger partial charge in [-0.3, -0.25) is 15.0 Å². The predicted molar refractivity (Wildman–Crippen MR) is 155 cm³/mol. The summed E-state index contributed by atoms with van der Waals surface area (Å²) in [5.74, 6) is 2.42. The second kappa shape index (κ2) is 11.9. The Morgan fingerprint density at radius 3 is 2.97 bits per heavy atom. The Morgan fingerprint density at radius 2 is 2.23 bits per heavy atom. The minimum atomic E-state index is -0.416. The van der Waals surface area contributed by atoms with Gasteiger partial charge >= 0.3 is 0 Å². The summed E-state index contributed by atoms with van der Waals surface area (Å²) in [6, 6.07) is 8.49. The number of nitro groups is 1. The molecule has 0 saturated heterocycles. The molecule has 0 aromatic heterocycles. The number of non-ortho nitro benzene ring substituents is 1. The van der Waals surface area contributed by atoms with E-state index in [1.807, 2.05) is 23.9 Å². The first kappa shape index (κ1) is 27.9. The molecule has 11 heteroatoms. The highest BCUT2D eigenvalue weighted by atomic mass is 79.9. The number of nitro benzene ring substituents is 1. The molecule has 0 fully saturated rings. The minimum Gasteiger partial charge on any atom is -0.488 e. The highest BCUT2D eigenvalue weighted by Gasteiger charge is 2.54. The molecule has 0 saturated carbocycles. The number of halogens is 1. The third kappa shape index (κ3) is 5.41. The molecule has 2 aromatic rings. The lowest BCUT2D eigenvalue weighted by Gasteiger charge is -2.37. The lowest BCUT2D eigenvalue weighted by Crippen LogP contribution is -2.46. The summed E-state index contributed by atoms with van der Waals surface area (Å²) >= 11 is 5.58. The van der Waals surface area contributed by atoms with Crippen LogP contribution in [-0.4, -0.2) is 65.1 Å². The van der Waals surface area contributed by atoms with Crippen LogP contribution in [0.1, 0.15) is 36.0 Å². The summed E-state index contributed by atoms with van der Waals surface area (Å²) in [6.45, 7) is 1.77. The molecule has 1 spiro atoms. The Balaban J connectivity index is 1.54. The maximum Gasteiger partial charge on any atom is 0.269 e. The van der Waals surface area contributed by atoms with Gasteiger partial charge in [0, 0.05) is 36.7 Å². The number of aliphatic hydroxyl groups excluding tert-OH is 1. The van der Waals surface area contributed by atoms with Gasteiger partial charge in [0.25, 0.3) is 5.69 Å². The van der Waals surface area contributed by atoms with Crippen molar-refractivity contribution >= 4 is 39.1 Å². The molecule has 208 valence electrons. The van der Waals surface area contributed by atoms with Gasteiger partial charge in [-0.2, -0.15) is 11.8 Å². The number of ether oxygens (including phenoxy) is 2. The first-order chi connectivity index (χ1) is 18.9. The van der Waals surface area contributed by atoms with E-state index < -0.39 is 10.3 Å². The van der Waals surface area contributed by atoms with E-state index in [0.29, 0.717) is 24.3 Å². The van der Waals surface area contributed by atoms with Crippen LogP contribution in [0.3, 0.4) is 0 Å². The highest BCUT2D eigenvalue weighted by Crippen LogP contribution is 2.57. The van der Waals surface area contributed by atoms with E-state index in [9.17, 15) is 15.2 Å². The highest BCUT2D eigenvalue weighted by molar-refractivity contribution is 9.10. The molecule has 0 radical (unpaired) electrons. The van der Waals surface area contributed by atoms with Crippen molar-refractivity contribution in [1.29, 1.82) is 0 Å². The molecule has 2 heterocycles. The predicted octanol–water partition coefficient (Wildman–Crippen LogP) is 5.22. The van der Waals surface area contributed by atoms with Crippen LogP contribution >= 0.6 is 27.7 Å². The van der Waals surface area contributed by atoms with E-state index in [4.69, 9.17) is 14.3 Å². The second-order valence-electron chi connectivity index (χ2n) is 10.1. The summed E-state index contributed by atoms with van der Waals surface area (Å²) in [5, 5.41) is 25.9. The van der Waals surface area contributed by atoms with Crippen LogP contribution in [0.4, 0.5) is 5.69 Å². The maximum atomic E-state index is 11.2. The summed E-state index contributed by atoms with van der Waals surface area (Å²) < 4.78 is 13.6. The number of benzene rings is 2. The van der Waals surface area contributed by atoms with Crippen LogP contribution in [-0.2, 0) is 23.4 Å². The Kier molecular flexibility index (Phi) is 8.51. The zero-order valence-electron chi connectivity index (χ0n) is 22.0. The first-order valence-electron chi connectivity index (χ1n) is 12.9. The standard InChI is InChI=1S/C28H32BrN3O6S/c1-36-30-20-7-8-28-14-22(16-33)31(9-4-10-39-2)15-19-12-23(26(29)27(25(19)28)38-24(28)13-20)37-17-18-5-3-6-21(11-18)32(34)35/h3,5-8,11-12,22,24,33H,4,9-10,13-17H2,1-2H3/b30-20+/t22-,24+,28?/m0/s1. The molecule has 9 nitrogen and oxygen atoms in total. The van der Waals surface area contributed by atoms with E-state index >= 15 is 0 Å². The van der Waals surface area contributed by atoms with Crippen molar-refractivity contribution in [2.75, 3.05) is 32.3 Å². The van der Waals surface area contributed by atoms with E-state index in [1.165, 1.54) is 19.2 Å². The van der Waals surface area contributed by atoms with Crippen LogP contribution in [0, 0.1) is 10.1 Å². The fourth-order valence-corrected chi connectivity index (χ4v) is 6.90. The Bertz CT molecular complexity index is 1300. The SMILES string of the molecule is CO/N=C1\C=CC23C[C@@H](CO)N(CCCSC)Cc4cc(OCc5cccc([N+](=O)[O-])c5)c(Br)c(c42)O[C@@H]3C1. The van der Waals surface area contributed by atoms with Crippen LogP contribution in [0.2, 0.25) is 0 Å². The first-order valence-corrected chi connectivity index (χ1v) is 15.1. The fourth-order valence-electron chi connectivity index (χ4n) is 5.97. The van der Waals surface area contributed by atoms with Crippen molar-refractivity contribution in [3.8, 4) is 11.5 Å². The molecule has 1 aliphatic carbocycles. The Morgan fingerprint density at radius 1 is 1.38 bits per heavy atom. The molecule has 39 heavy (non-hydrogen) atoms. The summed E-state index contributed by atoms with van der Waals surface area (Å²) in [6.07, 6.45) is 8.44. The van der Waals surface area contributed by atoms with Crippen molar-refractivity contribution in [2.45, 2.75) is 50.0 Å². The molecule has 2 aliphatic heterocycles. The number of thioether (sulfide) groups is 1. The van der Waals surface area contributed by atoms with Gasteiger partial charge in [-0.05, 0) is 70.6 Å². The number of oxime groups is 1. The number of hydrogen-bond acceptors (Lipinski definition) is 9. The maximum absolute atomic E-state index is 11.2. The third-order valence-corrected chi connectivity index (χ3v) is 9.18. The molecule has 2 aromatic carbocycles. The summed E-state index contributed by atoms with van der Waals surface area (Å²) in [5.41, 5.74) is 3.35. The third-order valence-electron chi connectivity index (χ3n) is 7.73. The molecule has 3 atom stereocenters. The number of hydrogen-bond donors (Lipinski definition) is 1. The van der Waals surface area contributed by atoms with Gasteiger partial charge in [0.2, 0.25) is 0 Å². The van der Waals surface area contributed by atoms with Gasteiger partial charge in [0.1, 0.15) is 35.8 Å². The monoisotopic (exact) mass is 617 g/mol. The van der Waals surface area contributed by atoms with Crippen molar-refractivity contribution in [3.05, 3.63) is 73.8 Å². The smallest absolute Gasteiger partial charge is 0.269 e. The zero-order valence-corrected chi connectivity index (χ0v) is 24.4. The number of aliphatic hydroxyl groups is 1. The van der Waals surface area contributed by atoms with Crippen LogP contribution in [0.15, 0.2) is 52.1 Å². The molecular weight excluding hydrogens is 586 g/mol. The molecule has 5 rings (SSSR count). The van der Waals surface area contributed by atoms with Gasteiger partial charge in [-0.15, -0.1) is 0 Å². The van der Waals surface area contributed by atoms with Gasteiger partial charge in [-0.25, -0.2) is 0 Å². The minimum absolute atomic E-state index is 0.0290. The fraction of sp³-hybridized carbons (Fsp3) is 0.464. The molecule has 0 bridgehead atoms. The quantitative estimate of drug-likeness (QED) is 0.220. The van der Waals surface area contributed by atoms with Crippen molar-refractivity contribution < 1.29 is 24.3 Å². The van der Waals surface area contributed by atoms with Gasteiger partial charge in [-0.1, -0.05) is 23.4 Å². The van der Waals surface area contributed by atoms with Crippen molar-refractivity contribution in [3.63, 3.8) is 0 Å². The van der Waals surface area contributed by atoms with E-state index in [2.05, 4.69) is 44.4 Å². The van der Waals surface area contributed by atoms with Crippen molar-refractivity contribution in [2.24, 2.45) is 5.16 Å². The van der Waals surface area contributed by atoms with Crippen LogP contribution in [0.5, 0.6) is 11.5 Å². The molecule has 1 unspecified atom stereocenters. The number of allylic oxidation sites excluding steroid dienone is 1. The topological polar surface area (TPSA) is 107 Å². The number of nitrogens with zero attached hydrogens (tertiary/aromatic N) is 3.